The van der Waals surface area contributed by atoms with Crippen LogP contribution < -0.4 is 0 Å². The van der Waals surface area contributed by atoms with E-state index in [4.69, 9.17) is 11.6 Å². The molecular formula is C6H8ClN. The first kappa shape index (κ1) is 5.70. The van der Waals surface area contributed by atoms with Crippen LogP contribution in [0.15, 0.2) is 12.1 Å². The molecule has 1 rings (SSSR count). The van der Waals surface area contributed by atoms with Gasteiger partial charge in [-0.15, -0.1) is 11.6 Å². The highest BCUT2D eigenvalue weighted by Gasteiger charge is 1.88. The van der Waals surface area contributed by atoms with Gasteiger partial charge in [-0.25, -0.2) is 0 Å². The molecule has 1 heterocycles. The summed E-state index contributed by atoms with van der Waals surface area (Å²) in [5.41, 5.74) is 2.25. The second kappa shape index (κ2) is 2.23. The maximum absolute atomic E-state index is 5.51. The topological polar surface area (TPSA) is 15.8 Å². The van der Waals surface area contributed by atoms with Crippen molar-refractivity contribution >= 4 is 11.6 Å². The summed E-state index contributed by atoms with van der Waals surface area (Å²) in [5, 5.41) is 0. The molecular weight excluding hydrogens is 122 g/mol. The van der Waals surface area contributed by atoms with Crippen molar-refractivity contribution in [3.63, 3.8) is 0 Å². The molecule has 1 nitrogen and oxygen atoms in total. The standard InChI is InChI=1S/C6H8ClN/c1-5-2-3-6(4-7)8-5/h2-3,8H,4H2,1H3. The van der Waals surface area contributed by atoms with Gasteiger partial charge in [0.1, 0.15) is 0 Å². The molecule has 0 atom stereocenters. The Morgan fingerprint density at radius 3 is 2.62 bits per heavy atom. The van der Waals surface area contributed by atoms with Crippen LogP contribution in [-0.2, 0) is 5.88 Å². The first-order valence-electron chi connectivity index (χ1n) is 2.53. The Kier molecular flexibility index (Phi) is 1.59. The Balaban J connectivity index is 2.84. The van der Waals surface area contributed by atoms with Crippen LogP contribution in [0.25, 0.3) is 0 Å². The Labute approximate surface area is 53.7 Å². The number of hydrogen-bond donors (Lipinski definition) is 1. The lowest BCUT2D eigenvalue weighted by molar-refractivity contribution is 1.17. The van der Waals surface area contributed by atoms with Crippen LogP contribution in [0.5, 0.6) is 0 Å². The van der Waals surface area contributed by atoms with Crippen molar-refractivity contribution in [2.75, 3.05) is 0 Å². The summed E-state index contributed by atoms with van der Waals surface area (Å²) in [5.74, 6) is 0.577. The molecule has 44 valence electrons. The number of aromatic nitrogens is 1. The molecule has 0 saturated heterocycles. The van der Waals surface area contributed by atoms with E-state index in [2.05, 4.69) is 4.98 Å². The lowest BCUT2D eigenvalue weighted by Gasteiger charge is -1.83. The molecule has 0 spiro atoms. The zero-order valence-corrected chi connectivity index (χ0v) is 5.50. The smallest absolute Gasteiger partial charge is 0.0625 e. The second-order valence-electron chi connectivity index (χ2n) is 1.80. The van der Waals surface area contributed by atoms with Gasteiger partial charge in [0.25, 0.3) is 0 Å². The summed E-state index contributed by atoms with van der Waals surface area (Å²) in [4.78, 5) is 3.09. The van der Waals surface area contributed by atoms with E-state index in [-0.39, 0.29) is 0 Å². The number of hydrogen-bond acceptors (Lipinski definition) is 0. The van der Waals surface area contributed by atoms with Crippen LogP contribution in [0.1, 0.15) is 11.4 Å². The average molecular weight is 130 g/mol. The van der Waals surface area contributed by atoms with Crippen LogP contribution in [0.3, 0.4) is 0 Å². The van der Waals surface area contributed by atoms with Crippen LogP contribution in [0, 0.1) is 6.92 Å². The van der Waals surface area contributed by atoms with E-state index < -0.39 is 0 Å². The number of rotatable bonds is 1. The van der Waals surface area contributed by atoms with Crippen LogP contribution in [0.4, 0.5) is 0 Å². The van der Waals surface area contributed by atoms with Crippen LogP contribution in [0.2, 0.25) is 0 Å². The van der Waals surface area contributed by atoms with Gasteiger partial charge in [0.05, 0.1) is 5.88 Å². The molecule has 0 aromatic carbocycles. The van der Waals surface area contributed by atoms with Gasteiger partial charge >= 0.3 is 0 Å². The fourth-order valence-electron chi connectivity index (χ4n) is 0.640. The van der Waals surface area contributed by atoms with Gasteiger partial charge in [-0.2, -0.15) is 0 Å². The number of nitrogens with one attached hydrogen (secondary N) is 1. The third kappa shape index (κ3) is 1.04. The predicted octanol–water partition coefficient (Wildman–Crippen LogP) is 2.06. The largest absolute Gasteiger partial charge is 0.362 e. The van der Waals surface area contributed by atoms with Gasteiger partial charge in [0.2, 0.25) is 0 Å². The van der Waals surface area contributed by atoms with Gasteiger partial charge < -0.3 is 4.98 Å². The van der Waals surface area contributed by atoms with Crippen molar-refractivity contribution in [2.24, 2.45) is 0 Å². The van der Waals surface area contributed by atoms with Gasteiger partial charge in [0, 0.05) is 11.4 Å². The molecule has 0 amide bonds. The Morgan fingerprint density at radius 1 is 1.62 bits per heavy atom. The van der Waals surface area contributed by atoms with Gasteiger partial charge in [0.15, 0.2) is 0 Å². The van der Waals surface area contributed by atoms with Crippen molar-refractivity contribution in [3.05, 3.63) is 23.5 Å². The summed E-state index contributed by atoms with van der Waals surface area (Å²) in [6.07, 6.45) is 0. The molecule has 1 aromatic rings. The van der Waals surface area contributed by atoms with Crippen molar-refractivity contribution in [1.29, 1.82) is 0 Å². The third-order valence-electron chi connectivity index (χ3n) is 1.04. The Bertz CT molecular complexity index is 169. The second-order valence-corrected chi connectivity index (χ2v) is 2.07. The van der Waals surface area contributed by atoms with Crippen LogP contribution in [-0.4, -0.2) is 4.98 Å². The highest BCUT2D eigenvalue weighted by molar-refractivity contribution is 6.16. The van der Waals surface area contributed by atoms with Gasteiger partial charge in [-0.3, -0.25) is 0 Å². The van der Waals surface area contributed by atoms with E-state index in [9.17, 15) is 0 Å². The summed E-state index contributed by atoms with van der Waals surface area (Å²) in [6.45, 7) is 2.01. The van der Waals surface area contributed by atoms with Crippen molar-refractivity contribution < 1.29 is 0 Å². The molecule has 0 fully saturated rings. The zero-order valence-electron chi connectivity index (χ0n) is 4.74. The van der Waals surface area contributed by atoms with Crippen LogP contribution >= 0.6 is 11.6 Å². The highest BCUT2D eigenvalue weighted by atomic mass is 35.5. The number of halogens is 1. The lowest BCUT2D eigenvalue weighted by Crippen LogP contribution is -1.74. The molecule has 0 radical (unpaired) electrons. The van der Waals surface area contributed by atoms with E-state index in [1.54, 1.807) is 0 Å². The number of alkyl halides is 1. The maximum Gasteiger partial charge on any atom is 0.0625 e. The number of aromatic amines is 1. The van der Waals surface area contributed by atoms with Crippen molar-refractivity contribution in [3.8, 4) is 0 Å². The number of H-pyrrole nitrogens is 1. The zero-order chi connectivity index (χ0) is 5.98. The predicted molar refractivity (Wildman–Crippen MR) is 35.1 cm³/mol. The first-order valence-corrected chi connectivity index (χ1v) is 3.07. The minimum absolute atomic E-state index is 0.577. The quantitative estimate of drug-likeness (QED) is 0.559. The molecule has 8 heavy (non-hydrogen) atoms. The normalized spacial score (nSPS) is 9.75. The Hall–Kier alpha value is -0.430. The minimum Gasteiger partial charge on any atom is -0.362 e. The fraction of sp³-hybridized carbons (Fsp3) is 0.333. The summed E-state index contributed by atoms with van der Waals surface area (Å²) in [7, 11) is 0. The average Bonchev–Trinajstić information content (AvgIpc) is 2.14. The Morgan fingerprint density at radius 2 is 2.38 bits per heavy atom. The van der Waals surface area contributed by atoms with E-state index in [1.165, 1.54) is 5.69 Å². The highest BCUT2D eigenvalue weighted by Crippen LogP contribution is 2.01. The minimum atomic E-state index is 0.577. The molecule has 0 aliphatic heterocycles. The first-order chi connectivity index (χ1) is 3.83. The van der Waals surface area contributed by atoms with Gasteiger partial charge in [-0.1, -0.05) is 0 Å². The third-order valence-corrected chi connectivity index (χ3v) is 1.32. The summed E-state index contributed by atoms with van der Waals surface area (Å²) in [6, 6.07) is 4.00. The molecule has 0 unspecified atom stereocenters. The van der Waals surface area contributed by atoms with Gasteiger partial charge in [-0.05, 0) is 19.1 Å². The summed E-state index contributed by atoms with van der Waals surface area (Å²) < 4.78 is 0. The molecule has 0 aliphatic carbocycles. The van der Waals surface area contributed by atoms with E-state index in [1.807, 2.05) is 19.1 Å². The molecule has 1 aromatic heterocycles. The van der Waals surface area contributed by atoms with E-state index in [0.717, 1.165) is 5.69 Å². The van der Waals surface area contributed by atoms with E-state index >= 15 is 0 Å². The van der Waals surface area contributed by atoms with Crippen molar-refractivity contribution in [2.45, 2.75) is 12.8 Å². The molecule has 2 heteroatoms. The lowest BCUT2D eigenvalue weighted by atomic mass is 10.5. The SMILES string of the molecule is Cc1ccc(CCl)[nH]1. The monoisotopic (exact) mass is 129 g/mol. The number of aryl methyl sites for hydroxylation is 1. The van der Waals surface area contributed by atoms with E-state index in [0.29, 0.717) is 5.88 Å². The molecule has 1 N–H and O–H groups in total. The van der Waals surface area contributed by atoms with Crippen molar-refractivity contribution in [1.82, 2.24) is 4.98 Å². The summed E-state index contributed by atoms with van der Waals surface area (Å²) >= 11 is 5.51. The fourth-order valence-corrected chi connectivity index (χ4v) is 0.796. The maximum atomic E-state index is 5.51. The molecule has 0 saturated carbocycles. The molecule has 0 bridgehead atoms. The molecule has 0 aliphatic rings.